The maximum absolute atomic E-state index is 12.7. The van der Waals surface area contributed by atoms with E-state index in [4.69, 9.17) is 0 Å². The number of rotatable bonds is 0. The van der Waals surface area contributed by atoms with Crippen LogP contribution in [0.5, 0.6) is 0 Å². The van der Waals surface area contributed by atoms with Gasteiger partial charge < -0.3 is 0 Å². The molecule has 5 heteroatoms. The van der Waals surface area contributed by atoms with Crippen LogP contribution in [0.25, 0.3) is 0 Å². The molecule has 1 aliphatic rings. The normalized spacial score (nSPS) is 16.3. The molecule has 0 radical (unpaired) electrons. The number of hydrogen-bond acceptors (Lipinski definition) is 3. The van der Waals surface area contributed by atoms with Gasteiger partial charge >= 0.3 is 0 Å². The number of sulfonamides is 1. The minimum absolute atomic E-state index is 0.0706. The molecule has 2 aromatic rings. The average Bonchev–Trinajstić information content (AvgIpc) is 2.50. The zero-order chi connectivity index (χ0) is 14.5. The van der Waals surface area contributed by atoms with Crippen molar-refractivity contribution >= 4 is 21.5 Å². The van der Waals surface area contributed by atoms with Crippen molar-refractivity contribution < 1.29 is 13.2 Å². The van der Waals surface area contributed by atoms with Crippen LogP contribution in [-0.4, -0.2) is 21.2 Å². The summed E-state index contributed by atoms with van der Waals surface area (Å²) in [5.41, 5.74) is 1.85. The van der Waals surface area contributed by atoms with Crippen LogP contribution in [0.4, 0.5) is 5.69 Å². The van der Waals surface area contributed by atoms with Gasteiger partial charge in [0.25, 0.3) is 10.0 Å². The highest BCUT2D eigenvalue weighted by atomic mass is 32.2. The minimum Gasteiger partial charge on any atom is -0.288 e. The molecule has 0 aromatic heterocycles. The van der Waals surface area contributed by atoms with Gasteiger partial charge in [-0.3, -0.25) is 9.10 Å². The Kier molecular flexibility index (Phi) is 2.69. The van der Waals surface area contributed by atoms with Crippen molar-refractivity contribution in [2.45, 2.75) is 11.8 Å². The highest BCUT2D eigenvalue weighted by molar-refractivity contribution is 7.93. The van der Waals surface area contributed by atoms with Crippen molar-refractivity contribution in [3.63, 3.8) is 0 Å². The third-order valence-corrected chi connectivity index (χ3v) is 5.32. The molecule has 4 nitrogen and oxygen atoms in total. The first-order valence-electron chi connectivity index (χ1n) is 6.16. The van der Waals surface area contributed by atoms with E-state index in [1.165, 1.54) is 11.4 Å². The monoisotopic (exact) mass is 287 g/mol. The first-order valence-corrected chi connectivity index (χ1v) is 7.60. The van der Waals surface area contributed by atoms with Crippen molar-refractivity contribution in [3.8, 4) is 0 Å². The molecule has 20 heavy (non-hydrogen) atoms. The van der Waals surface area contributed by atoms with E-state index < -0.39 is 10.0 Å². The number of benzene rings is 2. The van der Waals surface area contributed by atoms with E-state index in [-0.39, 0.29) is 16.2 Å². The second-order valence-corrected chi connectivity index (χ2v) is 6.76. The summed E-state index contributed by atoms with van der Waals surface area (Å²) >= 11 is 0. The molecule has 102 valence electrons. The average molecular weight is 287 g/mol. The van der Waals surface area contributed by atoms with Gasteiger partial charge in [-0.2, -0.15) is 0 Å². The van der Waals surface area contributed by atoms with Crippen LogP contribution < -0.4 is 4.31 Å². The van der Waals surface area contributed by atoms with Crippen molar-refractivity contribution in [3.05, 3.63) is 59.2 Å². The SMILES string of the molecule is Cc1ccc2c(c1)S(=O)(=O)N(C)c1ccccc1C2=O. The molecule has 3 rings (SSSR count). The van der Waals surface area contributed by atoms with Crippen molar-refractivity contribution in [2.75, 3.05) is 11.4 Å². The highest BCUT2D eigenvalue weighted by Gasteiger charge is 2.33. The molecule has 0 saturated carbocycles. The molecule has 0 amide bonds. The minimum atomic E-state index is -3.71. The Morgan fingerprint density at radius 2 is 1.70 bits per heavy atom. The van der Waals surface area contributed by atoms with Gasteiger partial charge in [-0.25, -0.2) is 8.42 Å². The summed E-state index contributed by atoms with van der Waals surface area (Å²) < 4.78 is 26.5. The molecule has 1 heterocycles. The van der Waals surface area contributed by atoms with Crippen LogP contribution in [0, 0.1) is 6.92 Å². The predicted molar refractivity (Wildman–Crippen MR) is 76.6 cm³/mol. The lowest BCUT2D eigenvalue weighted by Gasteiger charge is -2.19. The predicted octanol–water partition coefficient (Wildman–Crippen LogP) is 2.36. The van der Waals surface area contributed by atoms with Crippen LogP contribution in [0.3, 0.4) is 0 Å². The van der Waals surface area contributed by atoms with Crippen molar-refractivity contribution in [2.24, 2.45) is 0 Å². The van der Waals surface area contributed by atoms with E-state index in [0.29, 0.717) is 11.3 Å². The maximum atomic E-state index is 12.7. The molecule has 0 saturated heterocycles. The van der Waals surface area contributed by atoms with Crippen LogP contribution >= 0.6 is 0 Å². The smallest absolute Gasteiger partial charge is 0.264 e. The second-order valence-electron chi connectivity index (χ2n) is 4.82. The third kappa shape index (κ3) is 1.67. The Bertz CT molecular complexity index is 825. The summed E-state index contributed by atoms with van der Waals surface area (Å²) in [7, 11) is -2.24. The largest absolute Gasteiger partial charge is 0.288 e. The molecule has 2 aromatic carbocycles. The number of nitrogens with zero attached hydrogens (tertiary/aromatic N) is 1. The first kappa shape index (κ1) is 12.9. The quantitative estimate of drug-likeness (QED) is 0.747. The summed E-state index contributed by atoms with van der Waals surface area (Å²) in [6, 6.07) is 11.6. The van der Waals surface area contributed by atoms with E-state index in [1.807, 2.05) is 0 Å². The Hall–Kier alpha value is -2.14. The molecule has 0 N–H and O–H groups in total. The molecule has 0 aliphatic carbocycles. The fraction of sp³-hybridized carbons (Fsp3) is 0.133. The van der Waals surface area contributed by atoms with Crippen LogP contribution in [0.15, 0.2) is 47.4 Å². The Morgan fingerprint density at radius 1 is 1.00 bits per heavy atom. The van der Waals surface area contributed by atoms with E-state index in [9.17, 15) is 13.2 Å². The molecular weight excluding hydrogens is 274 g/mol. The van der Waals surface area contributed by atoms with E-state index in [2.05, 4.69) is 0 Å². The topological polar surface area (TPSA) is 54.5 Å². The molecular formula is C15H13NO3S. The summed E-state index contributed by atoms with van der Waals surface area (Å²) in [4.78, 5) is 12.7. The Morgan fingerprint density at radius 3 is 2.45 bits per heavy atom. The molecule has 1 aliphatic heterocycles. The maximum Gasteiger partial charge on any atom is 0.264 e. The number of ketones is 1. The molecule has 0 atom stereocenters. The summed E-state index contributed by atoms with van der Waals surface area (Å²) in [6.07, 6.45) is 0. The van der Waals surface area contributed by atoms with Gasteiger partial charge in [0.05, 0.1) is 10.6 Å². The standard InChI is InChI=1S/C15H13NO3S/c1-10-7-8-12-14(9-10)20(18,19)16(2)13-6-4-3-5-11(13)15(12)17/h3-9H,1-2H3. The molecule has 0 fully saturated rings. The fourth-order valence-electron chi connectivity index (χ4n) is 2.39. The van der Waals surface area contributed by atoms with Crippen LogP contribution in [0.2, 0.25) is 0 Å². The van der Waals surface area contributed by atoms with Crippen molar-refractivity contribution in [1.82, 2.24) is 0 Å². The fourth-order valence-corrected chi connectivity index (χ4v) is 3.88. The van der Waals surface area contributed by atoms with Gasteiger partial charge in [0.15, 0.2) is 5.78 Å². The van der Waals surface area contributed by atoms with Crippen LogP contribution in [0.1, 0.15) is 21.5 Å². The van der Waals surface area contributed by atoms with Gasteiger partial charge in [0, 0.05) is 18.2 Å². The summed E-state index contributed by atoms with van der Waals surface area (Å²) in [5, 5.41) is 0. The van der Waals surface area contributed by atoms with Crippen molar-refractivity contribution in [1.29, 1.82) is 0 Å². The van der Waals surface area contributed by atoms with Gasteiger partial charge in [-0.15, -0.1) is 0 Å². The molecule has 0 spiro atoms. The number of hydrogen-bond donors (Lipinski definition) is 0. The zero-order valence-electron chi connectivity index (χ0n) is 11.1. The number of carbonyl (C=O) groups excluding carboxylic acids is 1. The number of fused-ring (bicyclic) bond motifs is 2. The third-order valence-electron chi connectivity index (χ3n) is 3.51. The van der Waals surface area contributed by atoms with Gasteiger partial charge in [-0.1, -0.05) is 18.2 Å². The Labute approximate surface area is 117 Å². The second kappa shape index (κ2) is 4.18. The number of para-hydroxylation sites is 1. The van der Waals surface area contributed by atoms with E-state index in [0.717, 1.165) is 5.56 Å². The molecule has 0 unspecified atom stereocenters. The van der Waals surface area contributed by atoms with Gasteiger partial charge in [-0.05, 0) is 36.8 Å². The lowest BCUT2D eigenvalue weighted by atomic mass is 10.0. The number of aryl methyl sites for hydroxylation is 1. The van der Waals surface area contributed by atoms with Gasteiger partial charge in [0.2, 0.25) is 0 Å². The lowest BCUT2D eigenvalue weighted by molar-refractivity contribution is 0.103. The summed E-state index contributed by atoms with van der Waals surface area (Å²) in [5.74, 6) is -0.261. The summed E-state index contributed by atoms with van der Waals surface area (Å²) in [6.45, 7) is 1.80. The van der Waals surface area contributed by atoms with E-state index in [1.54, 1.807) is 49.4 Å². The van der Waals surface area contributed by atoms with Gasteiger partial charge in [0.1, 0.15) is 0 Å². The number of anilines is 1. The number of carbonyl (C=O) groups is 1. The first-order chi connectivity index (χ1) is 9.43. The van der Waals surface area contributed by atoms with Crippen LogP contribution in [-0.2, 0) is 10.0 Å². The van der Waals surface area contributed by atoms with E-state index >= 15 is 0 Å². The highest BCUT2D eigenvalue weighted by Crippen LogP contribution is 2.34. The molecule has 0 bridgehead atoms. The zero-order valence-corrected chi connectivity index (χ0v) is 11.9. The Balaban J connectivity index is 2.44. The lowest BCUT2D eigenvalue weighted by Crippen LogP contribution is -2.26.